The Hall–Kier alpha value is -1.50. The lowest BCUT2D eigenvalue weighted by Crippen LogP contribution is -2.26. The molecule has 118 valence electrons. The number of methoxy groups -OCH3 is 1. The highest BCUT2D eigenvalue weighted by Gasteiger charge is 2.23. The largest absolute Gasteiger partial charge is 0.495 e. The van der Waals surface area contributed by atoms with E-state index in [1.165, 1.54) is 44.5 Å². The van der Waals surface area contributed by atoms with Crippen molar-refractivity contribution in [1.29, 1.82) is 0 Å². The van der Waals surface area contributed by atoms with Gasteiger partial charge in [-0.15, -0.1) is 0 Å². The Labute approximate surface area is 138 Å². The van der Waals surface area contributed by atoms with Crippen molar-refractivity contribution in [2.45, 2.75) is 4.90 Å². The van der Waals surface area contributed by atoms with Crippen LogP contribution in [0.5, 0.6) is 5.75 Å². The van der Waals surface area contributed by atoms with Crippen LogP contribution in [0.2, 0.25) is 10.0 Å². The number of nitrogens with zero attached hydrogens (tertiary/aromatic N) is 1. The third-order valence-corrected chi connectivity index (χ3v) is 5.42. The van der Waals surface area contributed by atoms with Gasteiger partial charge in [0.15, 0.2) is 0 Å². The summed E-state index contributed by atoms with van der Waals surface area (Å²) in [4.78, 5) is -0.0127. The van der Waals surface area contributed by atoms with Crippen LogP contribution in [0.25, 0.3) is 0 Å². The molecular formula is C14H12Cl2FNO3S. The molecule has 2 rings (SSSR count). The number of ether oxygens (including phenoxy) is 1. The van der Waals surface area contributed by atoms with Gasteiger partial charge in [0.25, 0.3) is 10.0 Å². The summed E-state index contributed by atoms with van der Waals surface area (Å²) < 4.78 is 44.3. The maximum atomic E-state index is 13.2. The number of hydrogen-bond acceptors (Lipinski definition) is 3. The molecule has 0 atom stereocenters. The van der Waals surface area contributed by atoms with Gasteiger partial charge < -0.3 is 4.74 Å². The van der Waals surface area contributed by atoms with Gasteiger partial charge in [-0.3, -0.25) is 4.31 Å². The molecule has 0 heterocycles. The fraction of sp³-hybridized carbons (Fsp3) is 0.143. The Balaban J connectivity index is 2.44. The molecule has 0 saturated heterocycles. The highest BCUT2D eigenvalue weighted by atomic mass is 35.5. The second kappa shape index (κ2) is 6.32. The Morgan fingerprint density at radius 1 is 1.09 bits per heavy atom. The first-order valence-electron chi connectivity index (χ1n) is 6.05. The second-order valence-electron chi connectivity index (χ2n) is 4.37. The van der Waals surface area contributed by atoms with Crippen molar-refractivity contribution in [3.63, 3.8) is 0 Å². The fourth-order valence-electron chi connectivity index (χ4n) is 1.79. The van der Waals surface area contributed by atoms with Crippen LogP contribution < -0.4 is 9.04 Å². The molecule has 0 amide bonds. The topological polar surface area (TPSA) is 46.6 Å². The number of halogens is 3. The summed E-state index contributed by atoms with van der Waals surface area (Å²) in [6, 6.07) is 7.79. The van der Waals surface area contributed by atoms with Crippen molar-refractivity contribution in [3.8, 4) is 5.75 Å². The summed E-state index contributed by atoms with van der Waals surface area (Å²) in [5, 5.41) is 0.0152. The molecular weight excluding hydrogens is 352 g/mol. The molecule has 0 spiro atoms. The highest BCUT2D eigenvalue weighted by molar-refractivity contribution is 7.92. The van der Waals surface area contributed by atoms with Crippen LogP contribution in [0.15, 0.2) is 41.3 Å². The van der Waals surface area contributed by atoms with Crippen molar-refractivity contribution in [1.82, 2.24) is 0 Å². The number of sulfonamides is 1. The van der Waals surface area contributed by atoms with Gasteiger partial charge in [0, 0.05) is 7.05 Å². The first-order valence-corrected chi connectivity index (χ1v) is 8.24. The Bertz CT molecular complexity index is 812. The molecule has 8 heteroatoms. The van der Waals surface area contributed by atoms with E-state index < -0.39 is 15.8 Å². The van der Waals surface area contributed by atoms with Crippen LogP contribution in [0.3, 0.4) is 0 Å². The van der Waals surface area contributed by atoms with Gasteiger partial charge in [-0.05, 0) is 36.4 Å². The van der Waals surface area contributed by atoms with Crippen molar-refractivity contribution in [2.75, 3.05) is 18.5 Å². The highest BCUT2D eigenvalue weighted by Crippen LogP contribution is 2.30. The molecule has 0 aromatic heterocycles. The SMILES string of the molecule is COc1ccc(S(=O)(=O)N(C)c2ccc(F)c(Cl)c2)cc1Cl. The number of rotatable bonds is 4. The molecule has 2 aromatic carbocycles. The molecule has 22 heavy (non-hydrogen) atoms. The van der Waals surface area contributed by atoms with Crippen LogP contribution in [0, 0.1) is 5.82 Å². The van der Waals surface area contributed by atoms with E-state index in [2.05, 4.69) is 0 Å². The number of hydrogen-bond donors (Lipinski definition) is 0. The van der Waals surface area contributed by atoms with Crippen molar-refractivity contribution < 1.29 is 17.5 Å². The average molecular weight is 364 g/mol. The lowest BCUT2D eigenvalue weighted by Gasteiger charge is -2.20. The lowest BCUT2D eigenvalue weighted by atomic mass is 10.3. The molecule has 0 radical (unpaired) electrons. The molecule has 0 bridgehead atoms. The van der Waals surface area contributed by atoms with Crippen LogP contribution >= 0.6 is 23.2 Å². The third kappa shape index (κ3) is 3.14. The molecule has 0 unspecified atom stereocenters. The maximum Gasteiger partial charge on any atom is 0.264 e. The normalized spacial score (nSPS) is 11.3. The molecule has 4 nitrogen and oxygen atoms in total. The van der Waals surface area contributed by atoms with Crippen LogP contribution in [0.1, 0.15) is 0 Å². The minimum absolute atomic E-state index is 0.0127. The fourth-order valence-corrected chi connectivity index (χ4v) is 3.50. The number of anilines is 1. The van der Waals surface area contributed by atoms with Gasteiger partial charge in [0.2, 0.25) is 0 Å². The van der Waals surface area contributed by atoms with Crippen LogP contribution in [-0.2, 0) is 10.0 Å². The molecule has 2 aromatic rings. The predicted octanol–water partition coefficient (Wildman–Crippen LogP) is 3.97. The van der Waals surface area contributed by atoms with Gasteiger partial charge >= 0.3 is 0 Å². The van der Waals surface area contributed by atoms with E-state index in [9.17, 15) is 12.8 Å². The van der Waals surface area contributed by atoms with Crippen LogP contribution in [0.4, 0.5) is 10.1 Å². The minimum atomic E-state index is -3.86. The number of benzene rings is 2. The zero-order chi connectivity index (χ0) is 16.5. The zero-order valence-corrected chi connectivity index (χ0v) is 14.0. The monoisotopic (exact) mass is 363 g/mol. The summed E-state index contributed by atoms with van der Waals surface area (Å²) >= 11 is 11.6. The second-order valence-corrected chi connectivity index (χ2v) is 7.15. The van der Waals surface area contributed by atoms with Gasteiger partial charge in [-0.2, -0.15) is 0 Å². The smallest absolute Gasteiger partial charge is 0.264 e. The molecule has 0 aliphatic carbocycles. The van der Waals surface area contributed by atoms with Crippen molar-refractivity contribution >= 4 is 38.9 Å². The predicted molar refractivity (Wildman–Crippen MR) is 85.0 cm³/mol. The van der Waals surface area contributed by atoms with E-state index >= 15 is 0 Å². The van der Waals surface area contributed by atoms with Gasteiger partial charge in [-0.1, -0.05) is 23.2 Å². The molecule has 0 aliphatic rings. The molecule has 0 saturated carbocycles. The molecule has 0 N–H and O–H groups in total. The van der Waals surface area contributed by atoms with Crippen molar-refractivity contribution in [3.05, 3.63) is 52.3 Å². The van der Waals surface area contributed by atoms with E-state index in [0.717, 1.165) is 10.4 Å². The van der Waals surface area contributed by atoms with Gasteiger partial charge in [0.05, 0.1) is 27.7 Å². The summed E-state index contributed by atoms with van der Waals surface area (Å²) in [5.74, 6) is -0.253. The lowest BCUT2D eigenvalue weighted by molar-refractivity contribution is 0.414. The molecule has 0 fully saturated rings. The Kier molecular flexibility index (Phi) is 4.84. The van der Waals surface area contributed by atoms with Crippen LogP contribution in [-0.4, -0.2) is 22.6 Å². The standard InChI is InChI=1S/C14H12Cl2FNO3S/c1-18(9-3-5-13(17)11(15)7-9)22(19,20)10-4-6-14(21-2)12(16)8-10/h3-8H,1-2H3. The minimum Gasteiger partial charge on any atom is -0.495 e. The van der Waals surface area contributed by atoms with E-state index in [-0.39, 0.29) is 20.6 Å². The van der Waals surface area contributed by atoms with Gasteiger partial charge in [-0.25, -0.2) is 12.8 Å². The third-order valence-electron chi connectivity index (χ3n) is 3.05. The first-order chi connectivity index (χ1) is 10.3. The first kappa shape index (κ1) is 16.9. The zero-order valence-electron chi connectivity index (χ0n) is 11.7. The molecule has 0 aliphatic heterocycles. The summed E-state index contributed by atoms with van der Waals surface area (Å²) in [6.45, 7) is 0. The summed E-state index contributed by atoms with van der Waals surface area (Å²) in [5.41, 5.74) is 0.235. The average Bonchev–Trinajstić information content (AvgIpc) is 2.49. The van der Waals surface area contributed by atoms with E-state index in [0.29, 0.717) is 5.75 Å². The van der Waals surface area contributed by atoms with Crippen molar-refractivity contribution in [2.24, 2.45) is 0 Å². The summed E-state index contributed by atoms with van der Waals surface area (Å²) in [7, 11) is -1.08. The quantitative estimate of drug-likeness (QED) is 0.825. The maximum absolute atomic E-state index is 13.2. The summed E-state index contributed by atoms with van der Waals surface area (Å²) in [6.07, 6.45) is 0. The Morgan fingerprint density at radius 3 is 2.32 bits per heavy atom. The van der Waals surface area contributed by atoms with E-state index in [1.54, 1.807) is 0 Å². The Morgan fingerprint density at radius 2 is 1.77 bits per heavy atom. The van der Waals surface area contributed by atoms with E-state index in [1.807, 2.05) is 0 Å². The van der Waals surface area contributed by atoms with E-state index in [4.69, 9.17) is 27.9 Å². The van der Waals surface area contributed by atoms with Gasteiger partial charge in [0.1, 0.15) is 11.6 Å².